The van der Waals surface area contributed by atoms with E-state index in [4.69, 9.17) is 5.11 Å². The van der Waals surface area contributed by atoms with Gasteiger partial charge in [-0.05, 0) is 24.3 Å². The first kappa shape index (κ1) is 13.7. The lowest BCUT2D eigenvalue weighted by Gasteiger charge is -2.15. The lowest BCUT2D eigenvalue weighted by molar-refractivity contribution is -0.139. The average molecular weight is 235 g/mol. The summed E-state index contributed by atoms with van der Waals surface area (Å²) >= 11 is 0. The third-order valence-electron chi connectivity index (χ3n) is 2.73. The van der Waals surface area contributed by atoms with Crippen molar-refractivity contribution in [1.29, 1.82) is 0 Å². The van der Waals surface area contributed by atoms with Crippen LogP contribution in [0.3, 0.4) is 0 Å². The van der Waals surface area contributed by atoms with Crippen LogP contribution in [-0.4, -0.2) is 17.1 Å². The Morgan fingerprint density at radius 1 is 1.24 bits per heavy atom. The van der Waals surface area contributed by atoms with Crippen molar-refractivity contribution in [2.75, 3.05) is 0 Å². The molecule has 1 atom stereocenters. The quantitative estimate of drug-likeness (QED) is 0.764. The van der Waals surface area contributed by atoms with Crippen molar-refractivity contribution < 1.29 is 9.90 Å². The van der Waals surface area contributed by atoms with E-state index in [1.54, 1.807) is 0 Å². The Kier molecular flexibility index (Phi) is 5.70. The van der Waals surface area contributed by atoms with Crippen LogP contribution in [0, 0.1) is 5.92 Å². The summed E-state index contributed by atoms with van der Waals surface area (Å²) in [4.78, 5) is 11.1. The van der Waals surface area contributed by atoms with Gasteiger partial charge in [0.1, 0.15) is 6.04 Å². The molecular weight excluding hydrogens is 214 g/mol. The molecule has 0 saturated carbocycles. The predicted molar refractivity (Wildman–Crippen MR) is 68.8 cm³/mol. The van der Waals surface area contributed by atoms with Crippen LogP contribution >= 0.6 is 0 Å². The van der Waals surface area contributed by atoms with Crippen molar-refractivity contribution in [3.8, 4) is 0 Å². The second kappa shape index (κ2) is 7.07. The van der Waals surface area contributed by atoms with Crippen LogP contribution in [-0.2, 0) is 11.3 Å². The summed E-state index contributed by atoms with van der Waals surface area (Å²) in [5.41, 5.74) is 1.11. The molecule has 0 aliphatic carbocycles. The molecule has 2 N–H and O–H groups in total. The topological polar surface area (TPSA) is 49.3 Å². The number of carboxylic acid groups (broad SMARTS) is 1. The first-order chi connectivity index (χ1) is 8.09. The number of nitrogens with one attached hydrogen (secondary N) is 1. The second-order valence-corrected chi connectivity index (χ2v) is 4.73. The Hall–Kier alpha value is -1.35. The summed E-state index contributed by atoms with van der Waals surface area (Å²) in [6.45, 7) is 4.82. The van der Waals surface area contributed by atoms with E-state index in [-0.39, 0.29) is 0 Å². The third-order valence-corrected chi connectivity index (χ3v) is 2.73. The second-order valence-electron chi connectivity index (χ2n) is 4.73. The Balaban J connectivity index is 2.42. The first-order valence-electron chi connectivity index (χ1n) is 6.09. The number of hydrogen-bond acceptors (Lipinski definition) is 2. The van der Waals surface area contributed by atoms with Crippen LogP contribution < -0.4 is 5.32 Å². The van der Waals surface area contributed by atoms with E-state index in [2.05, 4.69) is 19.2 Å². The van der Waals surface area contributed by atoms with Crippen molar-refractivity contribution in [3.05, 3.63) is 35.9 Å². The van der Waals surface area contributed by atoms with Gasteiger partial charge < -0.3 is 10.4 Å². The monoisotopic (exact) mass is 235 g/mol. The number of carbonyl (C=O) groups is 1. The zero-order chi connectivity index (χ0) is 12.7. The van der Waals surface area contributed by atoms with Gasteiger partial charge >= 0.3 is 5.97 Å². The van der Waals surface area contributed by atoms with Gasteiger partial charge in [-0.25, -0.2) is 0 Å². The molecule has 0 aliphatic heterocycles. The van der Waals surface area contributed by atoms with Crippen molar-refractivity contribution in [2.24, 2.45) is 5.92 Å². The Bertz CT molecular complexity index is 335. The molecule has 3 nitrogen and oxygen atoms in total. The molecule has 3 heteroatoms. The van der Waals surface area contributed by atoms with Gasteiger partial charge in [-0.3, -0.25) is 4.79 Å². The highest BCUT2D eigenvalue weighted by Gasteiger charge is 2.16. The minimum Gasteiger partial charge on any atom is -0.480 e. The van der Waals surface area contributed by atoms with Crippen molar-refractivity contribution in [3.63, 3.8) is 0 Å². The van der Waals surface area contributed by atoms with Crippen LogP contribution in [0.4, 0.5) is 0 Å². The highest BCUT2D eigenvalue weighted by molar-refractivity contribution is 5.73. The van der Waals surface area contributed by atoms with E-state index in [1.165, 1.54) is 0 Å². The maximum absolute atomic E-state index is 11.1. The van der Waals surface area contributed by atoms with Crippen molar-refractivity contribution in [1.82, 2.24) is 5.32 Å². The molecule has 1 unspecified atom stereocenters. The zero-order valence-corrected chi connectivity index (χ0v) is 10.5. The minimum atomic E-state index is -0.762. The van der Waals surface area contributed by atoms with Gasteiger partial charge in [0.25, 0.3) is 0 Å². The molecule has 0 saturated heterocycles. The fraction of sp³-hybridized carbons (Fsp3) is 0.500. The Morgan fingerprint density at radius 3 is 2.41 bits per heavy atom. The van der Waals surface area contributed by atoms with Crippen LogP contribution in [0.2, 0.25) is 0 Å². The molecule has 17 heavy (non-hydrogen) atoms. The normalized spacial score (nSPS) is 12.6. The fourth-order valence-electron chi connectivity index (χ4n) is 1.65. The van der Waals surface area contributed by atoms with Crippen LogP contribution in [0.15, 0.2) is 30.3 Å². The highest BCUT2D eigenvalue weighted by atomic mass is 16.4. The van der Waals surface area contributed by atoms with Gasteiger partial charge in [-0.2, -0.15) is 0 Å². The summed E-state index contributed by atoms with van der Waals surface area (Å²) in [6.07, 6.45) is 1.61. The van der Waals surface area contributed by atoms with E-state index < -0.39 is 12.0 Å². The predicted octanol–water partition coefficient (Wildman–Crippen LogP) is 2.67. The molecule has 0 bridgehead atoms. The summed E-state index contributed by atoms with van der Waals surface area (Å²) in [7, 11) is 0. The lowest BCUT2D eigenvalue weighted by atomic mass is 10.0. The molecular formula is C14H21NO2. The summed E-state index contributed by atoms with van der Waals surface area (Å²) in [5.74, 6) is -0.225. The van der Waals surface area contributed by atoms with E-state index in [0.29, 0.717) is 18.9 Å². The van der Waals surface area contributed by atoms with Crippen LogP contribution in [0.25, 0.3) is 0 Å². The van der Waals surface area contributed by atoms with Crippen molar-refractivity contribution in [2.45, 2.75) is 39.3 Å². The SMILES string of the molecule is CC(C)CCC(NCc1ccccc1)C(=O)O. The van der Waals surface area contributed by atoms with Gasteiger partial charge in [0, 0.05) is 6.54 Å². The Labute approximate surface area is 103 Å². The van der Waals surface area contributed by atoms with Gasteiger partial charge in [0.15, 0.2) is 0 Å². The molecule has 0 radical (unpaired) electrons. The largest absolute Gasteiger partial charge is 0.480 e. The maximum atomic E-state index is 11.1. The van der Waals surface area contributed by atoms with E-state index >= 15 is 0 Å². The fourth-order valence-corrected chi connectivity index (χ4v) is 1.65. The number of rotatable bonds is 7. The van der Waals surface area contributed by atoms with Gasteiger partial charge in [0.05, 0.1) is 0 Å². The molecule has 0 amide bonds. The van der Waals surface area contributed by atoms with Crippen molar-refractivity contribution >= 4 is 5.97 Å². The molecule has 1 aromatic carbocycles. The molecule has 0 fully saturated rings. The van der Waals surface area contributed by atoms with Gasteiger partial charge in [-0.1, -0.05) is 44.2 Å². The van der Waals surface area contributed by atoms with Gasteiger partial charge in [0.2, 0.25) is 0 Å². The molecule has 0 aromatic heterocycles. The number of hydrogen-bond donors (Lipinski definition) is 2. The minimum absolute atomic E-state index is 0.447. The third kappa shape index (κ3) is 5.50. The zero-order valence-electron chi connectivity index (χ0n) is 10.5. The van der Waals surface area contributed by atoms with Crippen LogP contribution in [0.1, 0.15) is 32.3 Å². The molecule has 0 heterocycles. The molecule has 0 spiro atoms. The summed E-state index contributed by atoms with van der Waals surface area (Å²) in [5, 5.41) is 12.2. The highest BCUT2D eigenvalue weighted by Crippen LogP contribution is 2.08. The van der Waals surface area contributed by atoms with E-state index in [9.17, 15) is 4.79 Å². The van der Waals surface area contributed by atoms with E-state index in [1.807, 2.05) is 30.3 Å². The number of aliphatic carboxylic acids is 1. The molecule has 1 rings (SSSR count). The van der Waals surface area contributed by atoms with Gasteiger partial charge in [-0.15, -0.1) is 0 Å². The first-order valence-corrected chi connectivity index (χ1v) is 6.09. The number of benzene rings is 1. The standard InChI is InChI=1S/C14H21NO2/c1-11(2)8-9-13(14(16)17)15-10-12-6-4-3-5-7-12/h3-7,11,13,15H,8-10H2,1-2H3,(H,16,17). The smallest absolute Gasteiger partial charge is 0.320 e. The molecule has 1 aromatic rings. The maximum Gasteiger partial charge on any atom is 0.320 e. The Morgan fingerprint density at radius 2 is 1.88 bits per heavy atom. The van der Waals surface area contributed by atoms with Crippen LogP contribution in [0.5, 0.6) is 0 Å². The average Bonchev–Trinajstić information content (AvgIpc) is 2.29. The summed E-state index contributed by atoms with van der Waals surface area (Å²) in [6, 6.07) is 9.42. The number of carboxylic acids is 1. The van der Waals surface area contributed by atoms with E-state index in [0.717, 1.165) is 12.0 Å². The summed E-state index contributed by atoms with van der Waals surface area (Å²) < 4.78 is 0. The lowest BCUT2D eigenvalue weighted by Crippen LogP contribution is -2.36. The molecule has 0 aliphatic rings. The molecule has 94 valence electrons.